The van der Waals surface area contributed by atoms with Gasteiger partial charge in [0.2, 0.25) is 0 Å². The first-order valence-corrected chi connectivity index (χ1v) is 7.02. The molecule has 0 aliphatic heterocycles. The molecule has 0 fully saturated rings. The molecule has 3 nitrogen and oxygen atoms in total. The Kier molecular flexibility index (Phi) is 3.20. The van der Waals surface area contributed by atoms with E-state index in [1.54, 1.807) is 6.33 Å². The summed E-state index contributed by atoms with van der Waals surface area (Å²) in [5, 5.41) is 1.24. The van der Waals surface area contributed by atoms with Crippen molar-refractivity contribution in [3.8, 4) is 0 Å². The van der Waals surface area contributed by atoms with Crippen LogP contribution in [0.4, 0.5) is 0 Å². The van der Waals surface area contributed by atoms with E-state index in [0.717, 1.165) is 17.8 Å². The third-order valence-corrected chi connectivity index (χ3v) is 3.48. The van der Waals surface area contributed by atoms with E-state index in [1.807, 2.05) is 0 Å². The first kappa shape index (κ1) is 14.0. The van der Waals surface area contributed by atoms with Crippen molar-refractivity contribution in [3.63, 3.8) is 0 Å². The van der Waals surface area contributed by atoms with E-state index in [1.165, 1.54) is 10.9 Å². The van der Waals surface area contributed by atoms with Gasteiger partial charge in [-0.3, -0.25) is 0 Å². The van der Waals surface area contributed by atoms with E-state index >= 15 is 0 Å². The van der Waals surface area contributed by atoms with Crippen LogP contribution in [0, 0.1) is 0 Å². The van der Waals surface area contributed by atoms with Crippen molar-refractivity contribution in [2.75, 3.05) is 0 Å². The molecule has 2 rings (SSSR count). The fraction of sp³-hybridized carbons (Fsp3) is 0.625. The zero-order valence-electron chi connectivity index (χ0n) is 13.2. The summed E-state index contributed by atoms with van der Waals surface area (Å²) in [5.41, 5.74) is 3.63. The van der Waals surface area contributed by atoms with Crippen molar-refractivity contribution in [1.82, 2.24) is 14.5 Å². The van der Waals surface area contributed by atoms with Crippen LogP contribution in [0.2, 0.25) is 0 Å². The normalized spacial score (nSPS) is 13.2. The van der Waals surface area contributed by atoms with Crippen LogP contribution in [-0.2, 0) is 17.4 Å². The summed E-state index contributed by atoms with van der Waals surface area (Å²) in [7, 11) is 0. The zero-order chi connectivity index (χ0) is 14.4. The predicted octanol–water partition coefficient (Wildman–Crippen LogP) is 4.05. The van der Waals surface area contributed by atoms with Crippen LogP contribution in [0.15, 0.2) is 12.5 Å². The van der Waals surface area contributed by atoms with Gasteiger partial charge in [-0.25, -0.2) is 9.97 Å². The third-order valence-electron chi connectivity index (χ3n) is 3.48. The van der Waals surface area contributed by atoms with E-state index in [9.17, 15) is 0 Å². The topological polar surface area (TPSA) is 30.7 Å². The highest BCUT2D eigenvalue weighted by atomic mass is 15.1. The van der Waals surface area contributed by atoms with Crippen LogP contribution < -0.4 is 0 Å². The minimum absolute atomic E-state index is 0.0369. The lowest BCUT2D eigenvalue weighted by Gasteiger charge is -2.23. The van der Waals surface area contributed by atoms with Gasteiger partial charge in [0.15, 0.2) is 0 Å². The summed E-state index contributed by atoms with van der Waals surface area (Å²) >= 11 is 0. The molecule has 0 unspecified atom stereocenters. The average Bonchev–Trinajstić information content (AvgIpc) is 2.65. The van der Waals surface area contributed by atoms with Crippen LogP contribution in [0.25, 0.3) is 11.0 Å². The minimum Gasteiger partial charge on any atom is -0.327 e. The zero-order valence-corrected chi connectivity index (χ0v) is 13.2. The summed E-state index contributed by atoms with van der Waals surface area (Å²) in [6.07, 6.45) is 4.95. The molecular formula is C16H25N3. The second-order valence-electron chi connectivity index (χ2n) is 7.22. The molecule has 0 saturated heterocycles. The monoisotopic (exact) mass is 259 g/mol. The van der Waals surface area contributed by atoms with Crippen LogP contribution in [0.5, 0.6) is 0 Å². The van der Waals surface area contributed by atoms with Crippen LogP contribution in [-0.4, -0.2) is 14.5 Å². The van der Waals surface area contributed by atoms with E-state index < -0.39 is 0 Å². The number of nitrogens with zero attached hydrogens (tertiary/aromatic N) is 3. The molecule has 0 aromatic carbocycles. The van der Waals surface area contributed by atoms with Gasteiger partial charge in [-0.1, -0.05) is 27.7 Å². The van der Waals surface area contributed by atoms with Crippen molar-refractivity contribution < 1.29 is 0 Å². The lowest BCUT2D eigenvalue weighted by Crippen LogP contribution is -2.21. The lowest BCUT2D eigenvalue weighted by atomic mass is 9.89. The van der Waals surface area contributed by atoms with Gasteiger partial charge < -0.3 is 4.57 Å². The first-order chi connectivity index (χ1) is 8.66. The lowest BCUT2D eigenvalue weighted by molar-refractivity contribution is 0.407. The summed E-state index contributed by atoms with van der Waals surface area (Å²) in [6.45, 7) is 15.5. The van der Waals surface area contributed by atoms with Gasteiger partial charge in [0.05, 0.1) is 5.69 Å². The minimum atomic E-state index is 0.0369. The molecule has 19 heavy (non-hydrogen) atoms. The van der Waals surface area contributed by atoms with E-state index in [0.29, 0.717) is 0 Å². The number of aromatic nitrogens is 3. The molecule has 0 aliphatic carbocycles. The van der Waals surface area contributed by atoms with Gasteiger partial charge in [-0.15, -0.1) is 0 Å². The fourth-order valence-electron chi connectivity index (χ4n) is 2.48. The smallest absolute Gasteiger partial charge is 0.144 e. The van der Waals surface area contributed by atoms with Gasteiger partial charge in [0.1, 0.15) is 12.0 Å². The highest BCUT2D eigenvalue weighted by Crippen LogP contribution is 2.33. The van der Waals surface area contributed by atoms with Crippen molar-refractivity contribution in [1.29, 1.82) is 0 Å². The second-order valence-corrected chi connectivity index (χ2v) is 7.22. The van der Waals surface area contributed by atoms with Crippen molar-refractivity contribution in [3.05, 3.63) is 23.8 Å². The maximum Gasteiger partial charge on any atom is 0.144 e. The van der Waals surface area contributed by atoms with E-state index in [4.69, 9.17) is 0 Å². The molecule has 0 N–H and O–H groups in total. The fourth-order valence-corrected chi connectivity index (χ4v) is 2.48. The molecule has 0 atom stereocenters. The Labute approximate surface area is 116 Å². The molecular weight excluding hydrogens is 234 g/mol. The van der Waals surface area contributed by atoms with Crippen molar-refractivity contribution in [2.24, 2.45) is 0 Å². The Morgan fingerprint density at radius 1 is 1.05 bits per heavy atom. The summed E-state index contributed by atoms with van der Waals surface area (Å²) in [6, 6.07) is 0. The summed E-state index contributed by atoms with van der Waals surface area (Å²) in [5.74, 6) is 0. The van der Waals surface area contributed by atoms with Gasteiger partial charge in [-0.2, -0.15) is 0 Å². The average molecular weight is 259 g/mol. The Morgan fingerprint density at radius 2 is 1.68 bits per heavy atom. The number of fused-ring (bicyclic) bond motifs is 1. The van der Waals surface area contributed by atoms with Gasteiger partial charge >= 0.3 is 0 Å². The Balaban J connectivity index is 2.87. The predicted molar refractivity (Wildman–Crippen MR) is 80.6 cm³/mol. The van der Waals surface area contributed by atoms with Crippen LogP contribution in [0.3, 0.4) is 0 Å². The van der Waals surface area contributed by atoms with Gasteiger partial charge in [-0.05, 0) is 32.8 Å². The van der Waals surface area contributed by atoms with E-state index in [2.05, 4.69) is 69.2 Å². The van der Waals surface area contributed by atoms with Crippen molar-refractivity contribution >= 4 is 11.0 Å². The Hall–Kier alpha value is -1.38. The maximum atomic E-state index is 4.56. The van der Waals surface area contributed by atoms with Gasteiger partial charge in [0.25, 0.3) is 0 Å². The highest BCUT2D eigenvalue weighted by Gasteiger charge is 2.25. The standard InChI is InChI=1S/C16H25N3/c1-8-11-9-19(16(5,6)7)14-12(11)13(15(2,3)4)17-10-18-14/h9-10H,8H2,1-7H3. The molecule has 0 bridgehead atoms. The number of rotatable bonds is 1. The maximum absolute atomic E-state index is 4.56. The second kappa shape index (κ2) is 4.32. The van der Waals surface area contributed by atoms with Crippen LogP contribution in [0.1, 0.15) is 59.7 Å². The summed E-state index contributed by atoms with van der Waals surface area (Å²) < 4.78 is 2.28. The first-order valence-electron chi connectivity index (χ1n) is 7.02. The van der Waals surface area contributed by atoms with Crippen molar-refractivity contribution in [2.45, 2.75) is 65.8 Å². The molecule has 0 aliphatic rings. The Bertz CT molecular complexity index is 595. The highest BCUT2D eigenvalue weighted by molar-refractivity contribution is 5.84. The SMILES string of the molecule is CCc1cn(C(C)(C)C)c2ncnc(C(C)(C)C)c12. The molecule has 0 amide bonds. The molecule has 0 saturated carbocycles. The molecule has 2 aromatic rings. The van der Waals surface area contributed by atoms with Crippen LogP contribution >= 0.6 is 0 Å². The molecule has 0 radical (unpaired) electrons. The molecule has 0 spiro atoms. The molecule has 104 valence electrons. The third kappa shape index (κ3) is 2.38. The van der Waals surface area contributed by atoms with Gasteiger partial charge in [0, 0.05) is 22.5 Å². The number of aryl methyl sites for hydroxylation is 1. The number of hydrogen-bond acceptors (Lipinski definition) is 2. The molecule has 2 aromatic heterocycles. The number of hydrogen-bond donors (Lipinski definition) is 0. The molecule has 3 heteroatoms. The molecule has 2 heterocycles. The quantitative estimate of drug-likeness (QED) is 0.773. The summed E-state index contributed by atoms with van der Waals surface area (Å²) in [4.78, 5) is 9.10. The largest absolute Gasteiger partial charge is 0.327 e. The Morgan fingerprint density at radius 3 is 2.16 bits per heavy atom. The van der Waals surface area contributed by atoms with E-state index in [-0.39, 0.29) is 11.0 Å².